The van der Waals surface area contributed by atoms with Crippen molar-refractivity contribution in [2.45, 2.75) is 18.6 Å². The first-order chi connectivity index (χ1) is 8.72. The minimum absolute atomic E-state index is 0.0725. The van der Waals surface area contributed by atoms with Gasteiger partial charge in [-0.2, -0.15) is 4.98 Å². The molecular formula is C11H11BrN4O2. The number of halogens is 1. The Balaban J connectivity index is 1.83. The molecule has 0 amide bonds. The lowest BCUT2D eigenvalue weighted by Gasteiger charge is -2.01. The third-order valence-electron chi connectivity index (χ3n) is 2.80. The van der Waals surface area contributed by atoms with Gasteiger partial charge >= 0.3 is 0 Å². The van der Waals surface area contributed by atoms with Gasteiger partial charge in [-0.1, -0.05) is 5.16 Å². The van der Waals surface area contributed by atoms with Crippen molar-refractivity contribution in [2.24, 2.45) is 0 Å². The van der Waals surface area contributed by atoms with Crippen molar-refractivity contribution in [3.05, 3.63) is 28.7 Å². The highest BCUT2D eigenvalue weighted by molar-refractivity contribution is 9.10. The first-order valence-corrected chi connectivity index (χ1v) is 6.38. The summed E-state index contributed by atoms with van der Waals surface area (Å²) in [6.07, 6.45) is 1.93. The monoisotopic (exact) mass is 310 g/mol. The maximum absolute atomic E-state index is 9.45. The summed E-state index contributed by atoms with van der Waals surface area (Å²) in [6, 6.07) is 3.61. The number of aliphatic hydroxyl groups is 1. The van der Waals surface area contributed by atoms with Gasteiger partial charge in [0.1, 0.15) is 5.69 Å². The summed E-state index contributed by atoms with van der Waals surface area (Å²) in [4.78, 5) is 8.50. The van der Waals surface area contributed by atoms with Crippen molar-refractivity contribution >= 4 is 15.9 Å². The van der Waals surface area contributed by atoms with Gasteiger partial charge < -0.3 is 14.9 Å². The van der Waals surface area contributed by atoms with E-state index in [1.165, 1.54) is 0 Å². The smallest absolute Gasteiger partial charge is 0.244 e. The molecule has 1 saturated heterocycles. The molecule has 2 aromatic heterocycles. The first kappa shape index (κ1) is 11.8. The van der Waals surface area contributed by atoms with Crippen LogP contribution in [0.4, 0.5) is 0 Å². The lowest BCUT2D eigenvalue weighted by Crippen LogP contribution is -2.15. The molecule has 94 valence electrons. The van der Waals surface area contributed by atoms with Crippen LogP contribution in [0, 0.1) is 0 Å². The fourth-order valence-electron chi connectivity index (χ4n) is 1.89. The van der Waals surface area contributed by atoms with Gasteiger partial charge in [0.05, 0.1) is 12.1 Å². The summed E-state index contributed by atoms with van der Waals surface area (Å²) in [5.74, 6) is 0.951. The maximum atomic E-state index is 9.45. The summed E-state index contributed by atoms with van der Waals surface area (Å²) < 4.78 is 6.09. The molecule has 2 atom stereocenters. The Bertz CT molecular complexity index is 542. The highest BCUT2D eigenvalue weighted by Gasteiger charge is 2.28. The number of aromatic nitrogens is 3. The summed E-state index contributed by atoms with van der Waals surface area (Å²) >= 11 is 3.32. The molecule has 3 heterocycles. The number of nitrogens with zero attached hydrogens (tertiary/aromatic N) is 3. The van der Waals surface area contributed by atoms with E-state index in [0.717, 1.165) is 4.47 Å². The van der Waals surface area contributed by atoms with Gasteiger partial charge in [-0.05, 0) is 34.5 Å². The quantitative estimate of drug-likeness (QED) is 0.869. The normalized spacial score (nSPS) is 23.4. The van der Waals surface area contributed by atoms with Crippen LogP contribution in [0.1, 0.15) is 18.4 Å². The molecule has 7 heteroatoms. The average molecular weight is 311 g/mol. The molecule has 18 heavy (non-hydrogen) atoms. The molecule has 1 aliphatic heterocycles. The lowest BCUT2D eigenvalue weighted by molar-refractivity contribution is 0.191. The number of hydrogen-bond donors (Lipinski definition) is 2. The van der Waals surface area contributed by atoms with E-state index < -0.39 is 0 Å². The first-order valence-electron chi connectivity index (χ1n) is 5.59. The second-order valence-electron chi connectivity index (χ2n) is 4.17. The van der Waals surface area contributed by atoms with Crippen molar-refractivity contribution in [3.63, 3.8) is 0 Å². The van der Waals surface area contributed by atoms with Crippen molar-refractivity contribution in [1.82, 2.24) is 20.4 Å². The summed E-state index contributed by atoms with van der Waals surface area (Å²) in [5, 5.41) is 16.5. The molecule has 0 aliphatic carbocycles. The zero-order chi connectivity index (χ0) is 12.5. The van der Waals surface area contributed by atoms with E-state index in [1.807, 2.05) is 12.1 Å². The van der Waals surface area contributed by atoms with Crippen LogP contribution in [0.3, 0.4) is 0 Å². The van der Waals surface area contributed by atoms with Crippen molar-refractivity contribution in [3.8, 4) is 11.5 Å². The highest BCUT2D eigenvalue weighted by atomic mass is 79.9. The zero-order valence-corrected chi connectivity index (χ0v) is 11.0. The molecule has 2 aromatic rings. The molecule has 0 spiro atoms. The molecule has 3 rings (SSSR count). The standard InChI is InChI=1S/C11H11BrN4O2/c12-6-1-2-8(13-4-6)10-15-11(18-16-10)9-3-7(17)5-14-9/h1-2,4,7,9,14,17H,3,5H2. The molecule has 6 nitrogen and oxygen atoms in total. The third-order valence-corrected chi connectivity index (χ3v) is 3.27. The van der Waals surface area contributed by atoms with Crippen LogP contribution in [0.2, 0.25) is 0 Å². The number of nitrogens with one attached hydrogen (secondary N) is 1. The molecule has 0 saturated carbocycles. The molecule has 2 unspecified atom stereocenters. The van der Waals surface area contributed by atoms with Crippen LogP contribution < -0.4 is 5.32 Å². The van der Waals surface area contributed by atoms with Crippen molar-refractivity contribution in [1.29, 1.82) is 0 Å². The Labute approximate surface area is 112 Å². The van der Waals surface area contributed by atoms with Crippen LogP contribution in [0.25, 0.3) is 11.5 Å². The Hall–Kier alpha value is -1.31. The van der Waals surface area contributed by atoms with Crippen molar-refractivity contribution < 1.29 is 9.63 Å². The van der Waals surface area contributed by atoms with E-state index in [4.69, 9.17) is 4.52 Å². The Morgan fingerprint density at radius 1 is 1.44 bits per heavy atom. The SMILES string of the molecule is OC1CNC(c2nc(-c3ccc(Br)cn3)no2)C1. The highest BCUT2D eigenvalue weighted by Crippen LogP contribution is 2.24. The van der Waals surface area contributed by atoms with Crippen LogP contribution in [-0.4, -0.2) is 32.9 Å². The molecular weight excluding hydrogens is 300 g/mol. The molecule has 1 aliphatic rings. The predicted octanol–water partition coefficient (Wildman–Crippen LogP) is 1.29. The Kier molecular flexibility index (Phi) is 3.11. The van der Waals surface area contributed by atoms with Crippen LogP contribution in [-0.2, 0) is 0 Å². The predicted molar refractivity (Wildman–Crippen MR) is 66.6 cm³/mol. The number of pyridine rings is 1. The maximum Gasteiger partial charge on any atom is 0.244 e. The van der Waals surface area contributed by atoms with Gasteiger partial charge in [0.25, 0.3) is 0 Å². The number of β-amino-alcohol motifs (C(OH)–C–C–N with tert-alkyl or cyclic N) is 1. The van der Waals surface area contributed by atoms with Crippen LogP contribution >= 0.6 is 15.9 Å². The molecule has 0 bridgehead atoms. The van der Waals surface area contributed by atoms with E-state index in [0.29, 0.717) is 30.4 Å². The number of hydrogen-bond acceptors (Lipinski definition) is 6. The molecule has 0 radical (unpaired) electrons. The topological polar surface area (TPSA) is 84.1 Å². The van der Waals surface area contributed by atoms with E-state index >= 15 is 0 Å². The largest absolute Gasteiger partial charge is 0.392 e. The van der Waals surface area contributed by atoms with Crippen LogP contribution in [0.15, 0.2) is 27.3 Å². The zero-order valence-electron chi connectivity index (χ0n) is 9.38. The number of aliphatic hydroxyl groups excluding tert-OH is 1. The van der Waals surface area contributed by atoms with E-state index in [2.05, 4.69) is 36.4 Å². The molecule has 2 N–H and O–H groups in total. The van der Waals surface area contributed by atoms with E-state index in [-0.39, 0.29) is 12.1 Å². The van der Waals surface area contributed by atoms with E-state index in [1.54, 1.807) is 6.20 Å². The van der Waals surface area contributed by atoms with E-state index in [9.17, 15) is 5.11 Å². The lowest BCUT2D eigenvalue weighted by atomic mass is 10.2. The third kappa shape index (κ3) is 2.29. The summed E-state index contributed by atoms with van der Waals surface area (Å²) in [6.45, 7) is 0.554. The van der Waals surface area contributed by atoms with Gasteiger partial charge in [0.2, 0.25) is 11.7 Å². The Morgan fingerprint density at radius 3 is 3.00 bits per heavy atom. The Morgan fingerprint density at radius 2 is 2.33 bits per heavy atom. The minimum atomic E-state index is -0.351. The van der Waals surface area contributed by atoms with Gasteiger partial charge in [-0.25, -0.2) is 0 Å². The summed E-state index contributed by atoms with van der Waals surface area (Å²) in [5.41, 5.74) is 0.659. The molecule has 1 fully saturated rings. The number of rotatable bonds is 2. The average Bonchev–Trinajstić information content (AvgIpc) is 2.98. The molecule has 0 aromatic carbocycles. The summed E-state index contributed by atoms with van der Waals surface area (Å²) in [7, 11) is 0. The van der Waals surface area contributed by atoms with Gasteiger partial charge in [-0.3, -0.25) is 4.98 Å². The fraction of sp³-hybridized carbons (Fsp3) is 0.364. The van der Waals surface area contributed by atoms with Gasteiger partial charge in [0.15, 0.2) is 0 Å². The fourth-order valence-corrected chi connectivity index (χ4v) is 2.13. The second kappa shape index (κ2) is 4.75. The minimum Gasteiger partial charge on any atom is -0.392 e. The van der Waals surface area contributed by atoms with Gasteiger partial charge in [0, 0.05) is 17.2 Å². The van der Waals surface area contributed by atoms with Crippen LogP contribution in [0.5, 0.6) is 0 Å². The van der Waals surface area contributed by atoms with Crippen molar-refractivity contribution in [2.75, 3.05) is 6.54 Å². The van der Waals surface area contributed by atoms with Gasteiger partial charge in [-0.15, -0.1) is 0 Å². The second-order valence-corrected chi connectivity index (χ2v) is 5.08.